The largest absolute Gasteiger partial charge is 0.446 e. The molecule has 9 heteroatoms. The van der Waals surface area contributed by atoms with E-state index in [0.29, 0.717) is 21.9 Å². The van der Waals surface area contributed by atoms with Crippen molar-refractivity contribution in [2.75, 3.05) is 10.6 Å². The Hall–Kier alpha value is -2.52. The van der Waals surface area contributed by atoms with Crippen molar-refractivity contribution >= 4 is 39.8 Å². The molecule has 0 unspecified atom stereocenters. The Morgan fingerprint density at radius 1 is 1.14 bits per heavy atom. The maximum atomic E-state index is 12.7. The van der Waals surface area contributed by atoms with Gasteiger partial charge in [-0.25, -0.2) is 4.98 Å². The van der Waals surface area contributed by atoms with Gasteiger partial charge < -0.3 is 5.32 Å². The normalized spacial score (nSPS) is 11.3. The van der Waals surface area contributed by atoms with Gasteiger partial charge in [-0.3, -0.25) is 10.1 Å². The molecule has 0 saturated carbocycles. The Balaban J connectivity index is 1.61. The third-order valence-electron chi connectivity index (χ3n) is 3.67. The summed E-state index contributed by atoms with van der Waals surface area (Å²) in [6.45, 7) is 2.08. The van der Waals surface area contributed by atoms with Crippen LogP contribution in [0.2, 0.25) is 0 Å². The molecule has 0 saturated heterocycles. The third-order valence-corrected chi connectivity index (χ3v) is 5.39. The van der Waals surface area contributed by atoms with E-state index in [1.54, 1.807) is 42.5 Å². The third kappa shape index (κ3) is 5.74. The highest BCUT2D eigenvalue weighted by atomic mass is 32.2. The molecule has 28 heavy (non-hydrogen) atoms. The number of thioether (sulfide) groups is 1. The second-order valence-corrected chi connectivity index (χ2v) is 7.80. The molecule has 1 heterocycles. The number of carbonyl (C=O) groups excluding carboxylic acids is 1. The standard InChI is InChI=1S/C19H16F3N3OS2/c1-12-11-27-18(24-12)25-17(26)13-6-8-15(9-7-13)23-10-14-4-2-3-5-16(14)28-19(20,21)22/h2-9,11,23H,10H2,1H3,(H,24,25,26). The van der Waals surface area contributed by atoms with Gasteiger partial charge in [0.05, 0.1) is 5.69 Å². The molecule has 1 aromatic heterocycles. The van der Waals surface area contributed by atoms with Crippen molar-refractivity contribution in [2.45, 2.75) is 23.9 Å². The topological polar surface area (TPSA) is 54.0 Å². The van der Waals surface area contributed by atoms with Crippen LogP contribution in [-0.4, -0.2) is 16.4 Å². The van der Waals surface area contributed by atoms with Crippen LogP contribution in [0.3, 0.4) is 0 Å². The second kappa shape index (κ2) is 8.66. The summed E-state index contributed by atoms with van der Waals surface area (Å²) in [4.78, 5) is 16.6. The summed E-state index contributed by atoms with van der Waals surface area (Å²) in [5.41, 5.74) is -1.78. The number of carbonyl (C=O) groups is 1. The molecule has 0 bridgehead atoms. The molecule has 2 aromatic carbocycles. The Morgan fingerprint density at radius 2 is 1.86 bits per heavy atom. The molecule has 4 nitrogen and oxygen atoms in total. The lowest BCUT2D eigenvalue weighted by molar-refractivity contribution is -0.0328. The van der Waals surface area contributed by atoms with Crippen LogP contribution in [-0.2, 0) is 6.54 Å². The number of nitrogens with one attached hydrogen (secondary N) is 2. The Labute approximate surface area is 168 Å². The first-order valence-corrected chi connectivity index (χ1v) is 9.91. The molecule has 0 aliphatic rings. The molecule has 3 rings (SSSR count). The van der Waals surface area contributed by atoms with Crippen LogP contribution in [0.25, 0.3) is 0 Å². The van der Waals surface area contributed by atoms with Gasteiger partial charge in [0.25, 0.3) is 5.91 Å². The van der Waals surface area contributed by atoms with Crippen LogP contribution in [0, 0.1) is 6.92 Å². The van der Waals surface area contributed by atoms with E-state index >= 15 is 0 Å². The van der Waals surface area contributed by atoms with Gasteiger partial charge in [0, 0.05) is 28.1 Å². The zero-order valence-electron chi connectivity index (χ0n) is 14.7. The molecule has 0 aliphatic carbocycles. The number of aromatic nitrogens is 1. The molecule has 0 radical (unpaired) electrons. The van der Waals surface area contributed by atoms with Gasteiger partial charge in [0.1, 0.15) is 0 Å². The van der Waals surface area contributed by atoms with Crippen LogP contribution in [0.1, 0.15) is 21.6 Å². The highest BCUT2D eigenvalue weighted by Crippen LogP contribution is 2.38. The fraction of sp³-hybridized carbons (Fsp3) is 0.158. The van der Waals surface area contributed by atoms with Crippen molar-refractivity contribution in [2.24, 2.45) is 0 Å². The summed E-state index contributed by atoms with van der Waals surface area (Å²) in [5.74, 6) is -0.271. The highest BCUT2D eigenvalue weighted by molar-refractivity contribution is 8.00. The molecular formula is C19H16F3N3OS2. The smallest absolute Gasteiger partial charge is 0.381 e. The van der Waals surface area contributed by atoms with Gasteiger partial charge in [0.2, 0.25) is 0 Å². The number of nitrogens with zero attached hydrogens (tertiary/aromatic N) is 1. The minimum absolute atomic E-state index is 0.126. The lowest BCUT2D eigenvalue weighted by Crippen LogP contribution is -2.11. The van der Waals surface area contributed by atoms with E-state index in [-0.39, 0.29) is 29.1 Å². The SMILES string of the molecule is Cc1csc(NC(=O)c2ccc(NCc3ccccc3SC(F)(F)F)cc2)n1. The van der Waals surface area contributed by atoms with Crippen molar-refractivity contribution in [1.82, 2.24) is 4.98 Å². The average molecular weight is 423 g/mol. The highest BCUT2D eigenvalue weighted by Gasteiger charge is 2.30. The first kappa shape index (κ1) is 20.2. The maximum Gasteiger partial charge on any atom is 0.446 e. The predicted molar refractivity (Wildman–Crippen MR) is 107 cm³/mol. The minimum Gasteiger partial charge on any atom is -0.381 e. The molecule has 146 valence electrons. The maximum absolute atomic E-state index is 12.7. The van der Waals surface area contributed by atoms with E-state index in [0.717, 1.165) is 5.69 Å². The number of hydrogen-bond donors (Lipinski definition) is 2. The zero-order chi connectivity index (χ0) is 20.1. The minimum atomic E-state index is -4.33. The van der Waals surface area contributed by atoms with Crippen LogP contribution >= 0.6 is 23.1 Å². The molecule has 0 aliphatic heterocycles. The first-order chi connectivity index (χ1) is 13.3. The number of aryl methyl sites for hydroxylation is 1. The van der Waals surface area contributed by atoms with Crippen molar-refractivity contribution in [3.8, 4) is 0 Å². The Bertz CT molecular complexity index is 956. The van der Waals surface area contributed by atoms with Gasteiger partial charge in [-0.1, -0.05) is 18.2 Å². The number of thiazole rings is 1. The molecule has 0 atom stereocenters. The lowest BCUT2D eigenvalue weighted by atomic mass is 10.2. The van der Waals surface area contributed by atoms with E-state index in [4.69, 9.17) is 0 Å². The van der Waals surface area contributed by atoms with Crippen LogP contribution in [0.4, 0.5) is 24.0 Å². The molecule has 2 N–H and O–H groups in total. The Kier molecular flexibility index (Phi) is 6.25. The molecule has 0 spiro atoms. The van der Waals surface area contributed by atoms with E-state index in [1.807, 2.05) is 12.3 Å². The number of alkyl halides is 3. The fourth-order valence-electron chi connectivity index (χ4n) is 2.39. The number of rotatable bonds is 6. The van der Waals surface area contributed by atoms with Gasteiger partial charge >= 0.3 is 5.51 Å². The van der Waals surface area contributed by atoms with Crippen molar-refractivity contribution < 1.29 is 18.0 Å². The summed E-state index contributed by atoms with van der Waals surface area (Å²) < 4.78 is 38.0. The van der Waals surface area contributed by atoms with Crippen LogP contribution < -0.4 is 10.6 Å². The van der Waals surface area contributed by atoms with Gasteiger partial charge in [-0.2, -0.15) is 13.2 Å². The molecule has 1 amide bonds. The van der Waals surface area contributed by atoms with E-state index < -0.39 is 5.51 Å². The van der Waals surface area contributed by atoms with Crippen molar-refractivity contribution in [1.29, 1.82) is 0 Å². The predicted octanol–water partition coefficient (Wildman–Crippen LogP) is 5.93. The van der Waals surface area contributed by atoms with Crippen LogP contribution in [0.15, 0.2) is 58.8 Å². The van der Waals surface area contributed by atoms with Crippen molar-refractivity contribution in [3.05, 3.63) is 70.7 Å². The van der Waals surface area contributed by atoms with E-state index in [2.05, 4.69) is 15.6 Å². The molecule has 0 fully saturated rings. The summed E-state index contributed by atoms with van der Waals surface area (Å²) in [5, 5.41) is 8.18. The monoisotopic (exact) mass is 423 g/mol. The zero-order valence-corrected chi connectivity index (χ0v) is 16.3. The molecular weight excluding hydrogens is 407 g/mol. The number of halogens is 3. The first-order valence-electron chi connectivity index (χ1n) is 8.21. The number of amides is 1. The summed E-state index contributed by atoms with van der Waals surface area (Å²) in [6.07, 6.45) is 0. The number of hydrogen-bond acceptors (Lipinski definition) is 5. The quantitative estimate of drug-likeness (QED) is 0.483. The molecule has 3 aromatic rings. The van der Waals surface area contributed by atoms with Gasteiger partial charge in [-0.15, -0.1) is 11.3 Å². The fourth-order valence-corrected chi connectivity index (χ4v) is 3.74. The average Bonchev–Trinajstić information content (AvgIpc) is 3.05. The summed E-state index contributed by atoms with van der Waals surface area (Å²) in [6, 6.07) is 13.1. The second-order valence-electron chi connectivity index (χ2n) is 5.83. The van der Waals surface area contributed by atoms with Crippen molar-refractivity contribution in [3.63, 3.8) is 0 Å². The number of anilines is 2. The van der Waals surface area contributed by atoms with E-state index in [9.17, 15) is 18.0 Å². The van der Waals surface area contributed by atoms with Gasteiger partial charge in [-0.05, 0) is 54.6 Å². The Morgan fingerprint density at radius 3 is 2.50 bits per heavy atom. The lowest BCUT2D eigenvalue weighted by Gasteiger charge is -2.12. The summed E-state index contributed by atoms with van der Waals surface area (Å²) in [7, 11) is 0. The van der Waals surface area contributed by atoms with E-state index in [1.165, 1.54) is 17.4 Å². The summed E-state index contributed by atoms with van der Waals surface area (Å²) >= 11 is 1.22. The van der Waals surface area contributed by atoms with Crippen LogP contribution in [0.5, 0.6) is 0 Å². The number of benzene rings is 2. The van der Waals surface area contributed by atoms with Gasteiger partial charge in [0.15, 0.2) is 5.13 Å².